The Morgan fingerprint density at radius 1 is 1.10 bits per heavy atom. The van der Waals surface area contributed by atoms with E-state index in [2.05, 4.69) is 53.4 Å². The molecule has 0 amide bonds. The number of hydrogen-bond donors (Lipinski definition) is 1. The highest BCUT2D eigenvalue weighted by molar-refractivity contribution is 5.48. The van der Waals surface area contributed by atoms with Gasteiger partial charge in [-0.2, -0.15) is 0 Å². The zero-order valence-corrected chi connectivity index (χ0v) is 13.5. The van der Waals surface area contributed by atoms with Crippen LogP contribution >= 0.6 is 0 Å². The zero-order valence-electron chi connectivity index (χ0n) is 13.5. The highest BCUT2D eigenvalue weighted by atomic mass is 15.1. The predicted octanol–water partition coefficient (Wildman–Crippen LogP) is 2.72. The standard InChI is InChI=1S/C18H29N3/c1-15-14-20(2)12-9-18(15)19-13-16-5-7-17(8-6-16)21-10-3-4-11-21/h5-8,15,18-19H,3-4,9-14H2,1-2H3. The van der Waals surface area contributed by atoms with Gasteiger partial charge in [0.15, 0.2) is 0 Å². The van der Waals surface area contributed by atoms with E-state index >= 15 is 0 Å². The molecule has 2 heterocycles. The van der Waals surface area contributed by atoms with Crippen LogP contribution in [-0.2, 0) is 6.54 Å². The molecule has 116 valence electrons. The number of rotatable bonds is 4. The molecular formula is C18H29N3. The summed E-state index contributed by atoms with van der Waals surface area (Å²) in [6.07, 6.45) is 3.96. The van der Waals surface area contributed by atoms with Crippen LogP contribution in [0.1, 0.15) is 31.7 Å². The molecule has 0 aliphatic carbocycles. The Morgan fingerprint density at radius 3 is 2.48 bits per heavy atom. The molecule has 2 unspecified atom stereocenters. The molecule has 2 atom stereocenters. The molecule has 3 rings (SSSR count). The van der Waals surface area contributed by atoms with E-state index in [0.717, 1.165) is 12.5 Å². The number of nitrogens with zero attached hydrogens (tertiary/aromatic N) is 2. The van der Waals surface area contributed by atoms with Gasteiger partial charge in [-0.05, 0) is 56.5 Å². The third kappa shape index (κ3) is 3.78. The van der Waals surface area contributed by atoms with Gasteiger partial charge in [0.1, 0.15) is 0 Å². The lowest BCUT2D eigenvalue weighted by atomic mass is 9.94. The summed E-state index contributed by atoms with van der Waals surface area (Å²) in [5.74, 6) is 0.743. The van der Waals surface area contributed by atoms with E-state index in [1.54, 1.807) is 0 Å². The zero-order chi connectivity index (χ0) is 14.7. The van der Waals surface area contributed by atoms with Crippen LogP contribution in [0.25, 0.3) is 0 Å². The van der Waals surface area contributed by atoms with Gasteiger partial charge in [-0.15, -0.1) is 0 Å². The Balaban J connectivity index is 1.51. The van der Waals surface area contributed by atoms with Crippen LogP contribution in [0, 0.1) is 5.92 Å². The second-order valence-electron chi connectivity index (χ2n) is 6.88. The van der Waals surface area contributed by atoms with Gasteiger partial charge in [0.05, 0.1) is 0 Å². The molecule has 3 heteroatoms. The Bertz CT molecular complexity index is 436. The van der Waals surface area contributed by atoms with Crippen molar-refractivity contribution in [1.29, 1.82) is 0 Å². The van der Waals surface area contributed by atoms with Crippen molar-refractivity contribution in [3.63, 3.8) is 0 Å². The summed E-state index contributed by atoms with van der Waals surface area (Å²) >= 11 is 0. The molecule has 0 radical (unpaired) electrons. The van der Waals surface area contributed by atoms with Gasteiger partial charge in [-0.25, -0.2) is 0 Å². The maximum atomic E-state index is 3.76. The minimum absolute atomic E-state index is 0.666. The average Bonchev–Trinajstić information content (AvgIpc) is 3.01. The molecule has 1 aromatic rings. The molecule has 0 bridgehead atoms. The van der Waals surface area contributed by atoms with Crippen molar-refractivity contribution in [1.82, 2.24) is 10.2 Å². The third-order valence-electron chi connectivity index (χ3n) is 5.08. The first kappa shape index (κ1) is 14.9. The number of likely N-dealkylation sites (tertiary alicyclic amines) is 1. The number of hydrogen-bond acceptors (Lipinski definition) is 3. The molecule has 3 nitrogen and oxygen atoms in total. The van der Waals surface area contributed by atoms with Crippen LogP contribution < -0.4 is 10.2 Å². The van der Waals surface area contributed by atoms with E-state index < -0.39 is 0 Å². The molecule has 2 fully saturated rings. The largest absolute Gasteiger partial charge is 0.372 e. The number of benzene rings is 1. The van der Waals surface area contributed by atoms with Crippen molar-refractivity contribution in [3.05, 3.63) is 29.8 Å². The predicted molar refractivity (Wildman–Crippen MR) is 89.8 cm³/mol. The molecule has 0 spiro atoms. The topological polar surface area (TPSA) is 18.5 Å². The Hall–Kier alpha value is -1.06. The fourth-order valence-corrected chi connectivity index (χ4v) is 3.71. The van der Waals surface area contributed by atoms with Gasteiger partial charge in [0.25, 0.3) is 0 Å². The summed E-state index contributed by atoms with van der Waals surface area (Å²) in [6, 6.07) is 9.83. The number of nitrogens with one attached hydrogen (secondary N) is 1. The molecular weight excluding hydrogens is 258 g/mol. The van der Waals surface area contributed by atoms with Gasteiger partial charge < -0.3 is 15.1 Å². The lowest BCUT2D eigenvalue weighted by Crippen LogP contribution is -2.46. The van der Waals surface area contributed by atoms with Crippen LogP contribution in [0.4, 0.5) is 5.69 Å². The van der Waals surface area contributed by atoms with Gasteiger partial charge in [-0.1, -0.05) is 19.1 Å². The molecule has 1 aromatic carbocycles. The van der Waals surface area contributed by atoms with E-state index in [0.29, 0.717) is 6.04 Å². The van der Waals surface area contributed by atoms with E-state index in [4.69, 9.17) is 0 Å². The van der Waals surface area contributed by atoms with E-state index in [-0.39, 0.29) is 0 Å². The lowest BCUT2D eigenvalue weighted by Gasteiger charge is -2.35. The van der Waals surface area contributed by atoms with Gasteiger partial charge >= 0.3 is 0 Å². The lowest BCUT2D eigenvalue weighted by molar-refractivity contribution is 0.174. The van der Waals surface area contributed by atoms with Crippen LogP contribution in [0.15, 0.2) is 24.3 Å². The Morgan fingerprint density at radius 2 is 1.81 bits per heavy atom. The molecule has 2 aliphatic heterocycles. The van der Waals surface area contributed by atoms with E-state index in [9.17, 15) is 0 Å². The second-order valence-corrected chi connectivity index (χ2v) is 6.88. The maximum absolute atomic E-state index is 3.76. The first-order chi connectivity index (χ1) is 10.2. The average molecular weight is 287 g/mol. The first-order valence-electron chi connectivity index (χ1n) is 8.48. The fraction of sp³-hybridized carbons (Fsp3) is 0.667. The minimum Gasteiger partial charge on any atom is -0.372 e. The van der Waals surface area contributed by atoms with Gasteiger partial charge in [0.2, 0.25) is 0 Å². The summed E-state index contributed by atoms with van der Waals surface area (Å²) in [4.78, 5) is 4.93. The monoisotopic (exact) mass is 287 g/mol. The van der Waals surface area contributed by atoms with E-state index in [1.807, 2.05) is 0 Å². The minimum atomic E-state index is 0.666. The molecule has 0 aromatic heterocycles. The molecule has 21 heavy (non-hydrogen) atoms. The summed E-state index contributed by atoms with van der Waals surface area (Å²) in [5, 5.41) is 3.76. The van der Waals surface area contributed by atoms with E-state index in [1.165, 1.54) is 56.7 Å². The van der Waals surface area contributed by atoms with Crippen molar-refractivity contribution in [2.24, 2.45) is 5.92 Å². The van der Waals surface area contributed by atoms with Crippen molar-refractivity contribution < 1.29 is 0 Å². The maximum Gasteiger partial charge on any atom is 0.0366 e. The van der Waals surface area contributed by atoms with Crippen LogP contribution in [0.2, 0.25) is 0 Å². The summed E-state index contributed by atoms with van der Waals surface area (Å²) in [5.41, 5.74) is 2.80. The SMILES string of the molecule is CC1CN(C)CCC1NCc1ccc(N2CCCC2)cc1. The highest BCUT2D eigenvalue weighted by Gasteiger charge is 2.23. The first-order valence-corrected chi connectivity index (χ1v) is 8.48. The summed E-state index contributed by atoms with van der Waals surface area (Å²) in [7, 11) is 2.23. The normalized spacial score (nSPS) is 27.2. The van der Waals surface area contributed by atoms with Gasteiger partial charge in [-0.3, -0.25) is 0 Å². The number of anilines is 1. The van der Waals surface area contributed by atoms with Crippen molar-refractivity contribution in [2.45, 2.75) is 38.8 Å². The highest BCUT2D eigenvalue weighted by Crippen LogP contribution is 2.21. The smallest absolute Gasteiger partial charge is 0.0366 e. The molecule has 0 saturated carbocycles. The Labute approximate surface area is 129 Å². The quantitative estimate of drug-likeness (QED) is 0.918. The molecule has 1 N–H and O–H groups in total. The van der Waals surface area contributed by atoms with Crippen LogP contribution in [0.3, 0.4) is 0 Å². The van der Waals surface area contributed by atoms with Gasteiger partial charge in [0, 0.05) is 37.9 Å². The summed E-state index contributed by atoms with van der Waals surface area (Å²) in [6.45, 7) is 8.25. The van der Waals surface area contributed by atoms with Crippen LogP contribution in [0.5, 0.6) is 0 Å². The van der Waals surface area contributed by atoms with Crippen molar-refractivity contribution >= 4 is 5.69 Å². The molecule has 2 saturated heterocycles. The van der Waals surface area contributed by atoms with Crippen molar-refractivity contribution in [3.8, 4) is 0 Å². The van der Waals surface area contributed by atoms with Crippen molar-refractivity contribution in [2.75, 3.05) is 38.1 Å². The van der Waals surface area contributed by atoms with Crippen LogP contribution in [-0.4, -0.2) is 44.2 Å². The third-order valence-corrected chi connectivity index (χ3v) is 5.08. The molecule has 2 aliphatic rings. The number of piperidine rings is 1. The Kier molecular flexibility index (Phi) is 4.81. The fourth-order valence-electron chi connectivity index (χ4n) is 3.71. The summed E-state index contributed by atoms with van der Waals surface area (Å²) < 4.78 is 0. The second kappa shape index (κ2) is 6.80.